The third kappa shape index (κ3) is 4.03. The van der Waals surface area contributed by atoms with Crippen LogP contribution in [0.25, 0.3) is 0 Å². The predicted molar refractivity (Wildman–Crippen MR) is 80.9 cm³/mol. The summed E-state index contributed by atoms with van der Waals surface area (Å²) in [6.45, 7) is 0. The summed E-state index contributed by atoms with van der Waals surface area (Å²) in [7, 11) is 0. The number of hydrogen-bond donors (Lipinski definition) is 1. The van der Waals surface area contributed by atoms with Crippen molar-refractivity contribution in [3.63, 3.8) is 0 Å². The molecule has 0 aliphatic heterocycles. The Morgan fingerprint density at radius 1 is 1.11 bits per heavy atom. The zero-order valence-corrected chi connectivity index (χ0v) is 12.6. The molecule has 1 nitrogen and oxygen atoms in total. The minimum atomic E-state index is -0.247. The van der Waals surface area contributed by atoms with Gasteiger partial charge < -0.3 is 5.73 Å². The monoisotopic (exact) mass is 341 g/mol. The molecule has 1 unspecified atom stereocenters. The van der Waals surface area contributed by atoms with Gasteiger partial charge >= 0.3 is 0 Å². The fourth-order valence-corrected chi connectivity index (χ4v) is 2.62. The highest BCUT2D eigenvalue weighted by Gasteiger charge is 2.10. The number of halogens is 3. The molecule has 0 saturated carbocycles. The molecule has 19 heavy (non-hydrogen) atoms. The number of nitrogens with two attached hydrogens (primary N) is 1. The second-order valence-corrected chi connectivity index (χ2v) is 5.76. The predicted octanol–water partition coefficient (Wildman–Crippen LogP) is 4.35. The molecule has 0 bridgehead atoms. The van der Waals surface area contributed by atoms with Crippen molar-refractivity contribution in [2.45, 2.75) is 18.9 Å². The van der Waals surface area contributed by atoms with Crippen molar-refractivity contribution in [3.05, 3.63) is 68.9 Å². The van der Waals surface area contributed by atoms with E-state index in [0.29, 0.717) is 12.8 Å². The van der Waals surface area contributed by atoms with Crippen LogP contribution in [0.15, 0.2) is 46.9 Å². The van der Waals surface area contributed by atoms with Crippen LogP contribution in [0.4, 0.5) is 4.39 Å². The molecule has 1 atom stereocenters. The van der Waals surface area contributed by atoms with Crippen molar-refractivity contribution in [1.29, 1.82) is 0 Å². The first-order chi connectivity index (χ1) is 9.06. The Morgan fingerprint density at radius 3 is 2.53 bits per heavy atom. The Hall–Kier alpha value is -0.900. The highest BCUT2D eigenvalue weighted by atomic mass is 79.9. The molecule has 100 valence electrons. The van der Waals surface area contributed by atoms with Crippen LogP contribution in [0.3, 0.4) is 0 Å². The molecule has 0 aliphatic carbocycles. The van der Waals surface area contributed by atoms with Gasteiger partial charge in [-0.25, -0.2) is 4.39 Å². The van der Waals surface area contributed by atoms with E-state index in [1.165, 1.54) is 12.1 Å². The van der Waals surface area contributed by atoms with Gasteiger partial charge in [-0.2, -0.15) is 0 Å². The van der Waals surface area contributed by atoms with E-state index >= 15 is 0 Å². The van der Waals surface area contributed by atoms with Crippen LogP contribution in [0, 0.1) is 5.82 Å². The summed E-state index contributed by atoms with van der Waals surface area (Å²) in [4.78, 5) is 0. The SMILES string of the molecule is NC(Cc1ccccc1Cl)Cc1cc(F)ccc1Br. The lowest BCUT2D eigenvalue weighted by Gasteiger charge is -2.14. The highest BCUT2D eigenvalue weighted by molar-refractivity contribution is 9.10. The van der Waals surface area contributed by atoms with E-state index in [0.717, 1.165) is 20.6 Å². The molecular formula is C15H14BrClFN. The Morgan fingerprint density at radius 2 is 1.79 bits per heavy atom. The molecule has 0 aliphatic rings. The summed E-state index contributed by atoms with van der Waals surface area (Å²) in [6.07, 6.45) is 1.27. The maximum Gasteiger partial charge on any atom is 0.123 e. The highest BCUT2D eigenvalue weighted by Crippen LogP contribution is 2.21. The molecule has 4 heteroatoms. The lowest BCUT2D eigenvalue weighted by molar-refractivity contribution is 0.617. The number of hydrogen-bond acceptors (Lipinski definition) is 1. The molecule has 2 aromatic rings. The van der Waals surface area contributed by atoms with Crippen molar-refractivity contribution < 1.29 is 4.39 Å². The molecule has 2 N–H and O–H groups in total. The fraction of sp³-hybridized carbons (Fsp3) is 0.200. The van der Waals surface area contributed by atoms with Crippen molar-refractivity contribution in [1.82, 2.24) is 0 Å². The molecule has 0 saturated heterocycles. The molecule has 2 aromatic carbocycles. The Labute approximate surface area is 125 Å². The van der Waals surface area contributed by atoms with Gasteiger partial charge in [0, 0.05) is 15.5 Å². The Bertz CT molecular complexity index is 574. The minimum Gasteiger partial charge on any atom is -0.327 e. The van der Waals surface area contributed by atoms with Gasteiger partial charge in [0.05, 0.1) is 0 Å². The quantitative estimate of drug-likeness (QED) is 0.878. The first-order valence-electron chi connectivity index (χ1n) is 5.99. The zero-order valence-electron chi connectivity index (χ0n) is 10.2. The second-order valence-electron chi connectivity index (χ2n) is 4.50. The summed E-state index contributed by atoms with van der Waals surface area (Å²) in [5.74, 6) is -0.247. The van der Waals surface area contributed by atoms with E-state index < -0.39 is 0 Å². The molecule has 2 rings (SSSR count). The smallest absolute Gasteiger partial charge is 0.123 e. The van der Waals surface area contributed by atoms with Gasteiger partial charge in [-0.3, -0.25) is 0 Å². The summed E-state index contributed by atoms with van der Waals surface area (Å²) in [5.41, 5.74) is 8.02. The van der Waals surface area contributed by atoms with E-state index in [-0.39, 0.29) is 11.9 Å². The Kier molecular flexibility index (Phi) is 4.97. The molecule has 0 amide bonds. The van der Waals surface area contributed by atoms with Crippen molar-refractivity contribution in [2.75, 3.05) is 0 Å². The van der Waals surface area contributed by atoms with E-state index in [1.807, 2.05) is 24.3 Å². The molecule has 0 spiro atoms. The maximum atomic E-state index is 13.2. The normalized spacial score (nSPS) is 12.4. The van der Waals surface area contributed by atoms with Crippen LogP contribution < -0.4 is 5.73 Å². The largest absolute Gasteiger partial charge is 0.327 e. The first-order valence-corrected chi connectivity index (χ1v) is 7.16. The average molecular weight is 343 g/mol. The lowest BCUT2D eigenvalue weighted by atomic mass is 10.00. The lowest BCUT2D eigenvalue weighted by Crippen LogP contribution is -2.25. The van der Waals surface area contributed by atoms with E-state index in [9.17, 15) is 4.39 Å². The number of rotatable bonds is 4. The average Bonchev–Trinajstić information content (AvgIpc) is 2.37. The van der Waals surface area contributed by atoms with Gasteiger partial charge in [0.15, 0.2) is 0 Å². The third-order valence-electron chi connectivity index (χ3n) is 2.93. The molecule has 0 heterocycles. The van der Waals surface area contributed by atoms with E-state index in [1.54, 1.807) is 6.07 Å². The van der Waals surface area contributed by atoms with Crippen LogP contribution in [-0.4, -0.2) is 6.04 Å². The number of benzene rings is 2. The van der Waals surface area contributed by atoms with Crippen molar-refractivity contribution in [3.8, 4) is 0 Å². The van der Waals surface area contributed by atoms with Crippen molar-refractivity contribution in [2.24, 2.45) is 5.73 Å². The van der Waals surface area contributed by atoms with Gasteiger partial charge in [-0.1, -0.05) is 45.7 Å². The third-order valence-corrected chi connectivity index (χ3v) is 4.07. The van der Waals surface area contributed by atoms with Crippen LogP contribution in [0.5, 0.6) is 0 Å². The van der Waals surface area contributed by atoms with Gasteiger partial charge in [0.1, 0.15) is 5.82 Å². The van der Waals surface area contributed by atoms with Gasteiger partial charge in [0.2, 0.25) is 0 Å². The van der Waals surface area contributed by atoms with E-state index in [4.69, 9.17) is 17.3 Å². The minimum absolute atomic E-state index is 0.0991. The second kappa shape index (κ2) is 6.51. The van der Waals surface area contributed by atoms with Gasteiger partial charge in [-0.05, 0) is 48.2 Å². The van der Waals surface area contributed by atoms with Crippen LogP contribution in [0.1, 0.15) is 11.1 Å². The van der Waals surface area contributed by atoms with Gasteiger partial charge in [-0.15, -0.1) is 0 Å². The van der Waals surface area contributed by atoms with E-state index in [2.05, 4.69) is 15.9 Å². The Balaban J connectivity index is 2.07. The summed E-state index contributed by atoms with van der Waals surface area (Å²) in [6, 6.07) is 12.2. The fourth-order valence-electron chi connectivity index (χ4n) is 2.00. The van der Waals surface area contributed by atoms with Crippen LogP contribution in [0.2, 0.25) is 5.02 Å². The molecule has 0 aromatic heterocycles. The summed E-state index contributed by atoms with van der Waals surface area (Å²) < 4.78 is 14.1. The van der Waals surface area contributed by atoms with Crippen LogP contribution in [-0.2, 0) is 12.8 Å². The zero-order chi connectivity index (χ0) is 13.8. The molecule has 0 fully saturated rings. The van der Waals surface area contributed by atoms with Crippen molar-refractivity contribution >= 4 is 27.5 Å². The van der Waals surface area contributed by atoms with Crippen LogP contribution >= 0.6 is 27.5 Å². The van der Waals surface area contributed by atoms with Gasteiger partial charge in [0.25, 0.3) is 0 Å². The standard InChI is InChI=1S/C15H14BrClFN/c16-14-6-5-12(18)7-11(14)9-13(19)8-10-3-1-2-4-15(10)17/h1-7,13H,8-9,19H2. The molecule has 0 radical (unpaired) electrons. The molecular weight excluding hydrogens is 329 g/mol. The summed E-state index contributed by atoms with van der Waals surface area (Å²) >= 11 is 9.51. The summed E-state index contributed by atoms with van der Waals surface area (Å²) in [5, 5.41) is 0.719. The topological polar surface area (TPSA) is 26.0 Å². The maximum absolute atomic E-state index is 13.2. The first kappa shape index (κ1) is 14.5.